The second kappa shape index (κ2) is 9.61. The maximum absolute atomic E-state index is 13.0. The lowest BCUT2D eigenvalue weighted by Crippen LogP contribution is -2.26. The fourth-order valence-corrected chi connectivity index (χ4v) is 3.08. The van der Waals surface area contributed by atoms with Crippen LogP contribution in [0.25, 0.3) is 0 Å². The van der Waals surface area contributed by atoms with Crippen molar-refractivity contribution in [3.63, 3.8) is 0 Å². The first-order chi connectivity index (χ1) is 14.8. The molecule has 3 rings (SSSR count). The molecule has 31 heavy (non-hydrogen) atoms. The molecule has 1 saturated heterocycles. The molecule has 1 aromatic carbocycles. The Hall–Kier alpha value is -3.39. The number of nitrogens with zero attached hydrogens (tertiary/aromatic N) is 3. The highest BCUT2D eigenvalue weighted by Crippen LogP contribution is 2.30. The molecule has 8 nitrogen and oxygen atoms in total. The van der Waals surface area contributed by atoms with Crippen molar-refractivity contribution in [2.24, 2.45) is 0 Å². The van der Waals surface area contributed by atoms with Gasteiger partial charge in [-0.25, -0.2) is 4.68 Å². The van der Waals surface area contributed by atoms with Crippen LogP contribution in [0, 0.1) is 11.3 Å². The summed E-state index contributed by atoms with van der Waals surface area (Å²) < 4.78 is 45.9. The highest BCUT2D eigenvalue weighted by atomic mass is 19.4. The number of benzene rings is 1. The molecule has 164 valence electrons. The van der Waals surface area contributed by atoms with Crippen molar-refractivity contribution in [3.05, 3.63) is 47.3 Å². The maximum Gasteiger partial charge on any atom is 0.416 e. The van der Waals surface area contributed by atoms with Crippen molar-refractivity contribution in [3.8, 4) is 6.07 Å². The third kappa shape index (κ3) is 5.61. The van der Waals surface area contributed by atoms with Gasteiger partial charge < -0.3 is 15.4 Å². The number of rotatable bonds is 6. The smallest absolute Gasteiger partial charge is 0.357 e. The standard InChI is InChI=1S/C20H20F3N5O3/c21-20(22,23)14-6-3-5-13(11-14)18(29)26-15-12-28(16-7-1-2-10-31-16)27-17(15)19(30)25-9-4-8-24/h3,5-6,11-12,16H,1-2,4,7,9-10H2,(H,25,30)(H,26,29). The van der Waals surface area contributed by atoms with Gasteiger partial charge in [0.1, 0.15) is 6.23 Å². The van der Waals surface area contributed by atoms with Crippen LogP contribution in [-0.4, -0.2) is 34.7 Å². The van der Waals surface area contributed by atoms with E-state index >= 15 is 0 Å². The molecule has 1 aliphatic rings. The van der Waals surface area contributed by atoms with Gasteiger partial charge in [-0.15, -0.1) is 0 Å². The average Bonchev–Trinajstić information content (AvgIpc) is 3.18. The summed E-state index contributed by atoms with van der Waals surface area (Å²) in [5.74, 6) is -1.44. The molecular weight excluding hydrogens is 415 g/mol. The zero-order valence-electron chi connectivity index (χ0n) is 16.4. The van der Waals surface area contributed by atoms with Gasteiger partial charge in [0, 0.05) is 18.7 Å². The molecule has 1 aliphatic heterocycles. The molecule has 0 bridgehead atoms. The zero-order chi connectivity index (χ0) is 22.4. The molecule has 2 amide bonds. The zero-order valence-corrected chi connectivity index (χ0v) is 16.4. The summed E-state index contributed by atoms with van der Waals surface area (Å²) in [5, 5.41) is 17.8. The van der Waals surface area contributed by atoms with Gasteiger partial charge in [0.15, 0.2) is 5.69 Å². The Morgan fingerprint density at radius 3 is 2.77 bits per heavy atom. The van der Waals surface area contributed by atoms with Gasteiger partial charge >= 0.3 is 6.18 Å². The summed E-state index contributed by atoms with van der Waals surface area (Å²) in [6.07, 6.45) is -1.04. The van der Waals surface area contributed by atoms with Crippen molar-refractivity contribution in [2.45, 2.75) is 38.1 Å². The van der Waals surface area contributed by atoms with Gasteiger partial charge in [0.05, 0.1) is 29.9 Å². The first kappa shape index (κ1) is 22.3. The van der Waals surface area contributed by atoms with Crippen molar-refractivity contribution < 1.29 is 27.5 Å². The van der Waals surface area contributed by atoms with E-state index in [1.54, 1.807) is 0 Å². The Bertz CT molecular complexity index is 991. The number of halogens is 3. The molecule has 2 heterocycles. The van der Waals surface area contributed by atoms with Crippen LogP contribution in [0.3, 0.4) is 0 Å². The number of anilines is 1. The minimum Gasteiger partial charge on any atom is -0.357 e. The van der Waals surface area contributed by atoms with Gasteiger partial charge in [-0.05, 0) is 37.5 Å². The van der Waals surface area contributed by atoms with Crippen molar-refractivity contribution in [1.29, 1.82) is 5.26 Å². The SMILES string of the molecule is N#CCCNC(=O)c1nn(C2CCCCO2)cc1NC(=O)c1cccc(C(F)(F)F)c1. The summed E-state index contributed by atoms with van der Waals surface area (Å²) in [4.78, 5) is 25.1. The van der Waals surface area contributed by atoms with E-state index < -0.39 is 29.8 Å². The maximum atomic E-state index is 13.0. The number of aromatic nitrogens is 2. The summed E-state index contributed by atoms with van der Waals surface area (Å²) >= 11 is 0. The average molecular weight is 435 g/mol. The number of carbonyl (C=O) groups is 2. The van der Waals surface area contributed by atoms with Crippen LogP contribution in [0.4, 0.5) is 18.9 Å². The molecule has 2 N–H and O–H groups in total. The molecule has 0 spiro atoms. The number of carbonyl (C=O) groups excluding carboxylic acids is 2. The van der Waals surface area contributed by atoms with Crippen molar-refractivity contribution in [2.75, 3.05) is 18.5 Å². The van der Waals surface area contributed by atoms with Gasteiger partial charge in [0.25, 0.3) is 11.8 Å². The highest BCUT2D eigenvalue weighted by molar-refractivity contribution is 6.08. The number of amides is 2. The van der Waals surface area contributed by atoms with Crippen LogP contribution in [0.1, 0.15) is 58.3 Å². The summed E-state index contributed by atoms with van der Waals surface area (Å²) in [7, 11) is 0. The van der Waals surface area contributed by atoms with E-state index in [0.29, 0.717) is 13.0 Å². The van der Waals surface area contributed by atoms with Crippen molar-refractivity contribution in [1.82, 2.24) is 15.1 Å². The third-order valence-corrected chi connectivity index (χ3v) is 4.62. The highest BCUT2D eigenvalue weighted by Gasteiger charge is 2.31. The lowest BCUT2D eigenvalue weighted by atomic mass is 10.1. The van der Waals surface area contributed by atoms with Gasteiger partial charge in [0.2, 0.25) is 0 Å². The Morgan fingerprint density at radius 2 is 2.10 bits per heavy atom. The van der Waals surface area contributed by atoms with E-state index in [2.05, 4.69) is 15.7 Å². The van der Waals surface area contributed by atoms with E-state index in [9.17, 15) is 22.8 Å². The Labute approximate surface area is 176 Å². The largest absolute Gasteiger partial charge is 0.416 e. The van der Waals surface area contributed by atoms with Crippen molar-refractivity contribution >= 4 is 17.5 Å². The predicted molar refractivity (Wildman–Crippen MR) is 103 cm³/mol. The summed E-state index contributed by atoms with van der Waals surface area (Å²) in [6.45, 7) is 0.614. The Kier molecular flexibility index (Phi) is 6.91. The fourth-order valence-electron chi connectivity index (χ4n) is 3.08. The van der Waals surface area contributed by atoms with Crippen LogP contribution >= 0.6 is 0 Å². The molecule has 0 radical (unpaired) electrons. The number of nitriles is 1. The molecule has 1 fully saturated rings. The molecule has 0 aliphatic carbocycles. The third-order valence-electron chi connectivity index (χ3n) is 4.62. The number of alkyl halides is 3. The molecule has 0 saturated carbocycles. The second-order valence-electron chi connectivity index (χ2n) is 6.89. The summed E-state index contributed by atoms with van der Waals surface area (Å²) in [6, 6.07) is 5.87. The molecule has 1 unspecified atom stereocenters. The minimum atomic E-state index is -4.59. The lowest BCUT2D eigenvalue weighted by Gasteiger charge is -2.22. The van der Waals surface area contributed by atoms with Crippen LogP contribution in [-0.2, 0) is 10.9 Å². The number of nitrogens with one attached hydrogen (secondary N) is 2. The van der Waals surface area contributed by atoms with E-state index in [0.717, 1.165) is 31.0 Å². The van der Waals surface area contributed by atoms with Crippen LogP contribution in [0.5, 0.6) is 0 Å². The summed E-state index contributed by atoms with van der Waals surface area (Å²) in [5.41, 5.74) is -1.26. The predicted octanol–water partition coefficient (Wildman–Crippen LogP) is 3.50. The van der Waals surface area contributed by atoms with Gasteiger partial charge in [-0.2, -0.15) is 23.5 Å². The molecule has 2 aromatic rings. The number of hydrogen-bond donors (Lipinski definition) is 2. The number of hydrogen-bond acceptors (Lipinski definition) is 5. The molecule has 1 aromatic heterocycles. The first-order valence-corrected chi connectivity index (χ1v) is 9.64. The van der Waals surface area contributed by atoms with Gasteiger partial charge in [-0.3, -0.25) is 9.59 Å². The van der Waals surface area contributed by atoms with Crippen LogP contribution in [0.2, 0.25) is 0 Å². The van der Waals surface area contributed by atoms with E-state index in [1.165, 1.54) is 16.9 Å². The monoisotopic (exact) mass is 435 g/mol. The van der Waals surface area contributed by atoms with E-state index in [4.69, 9.17) is 10.00 Å². The minimum absolute atomic E-state index is 0.0334. The second-order valence-corrected chi connectivity index (χ2v) is 6.89. The van der Waals surface area contributed by atoms with Crippen LogP contribution < -0.4 is 10.6 Å². The van der Waals surface area contributed by atoms with Gasteiger partial charge in [-0.1, -0.05) is 6.07 Å². The normalized spacial score (nSPS) is 16.4. The Balaban J connectivity index is 1.86. The fraction of sp³-hybridized carbons (Fsp3) is 0.400. The van der Waals surface area contributed by atoms with Crippen LogP contribution in [0.15, 0.2) is 30.5 Å². The lowest BCUT2D eigenvalue weighted by molar-refractivity contribution is -0.137. The van der Waals surface area contributed by atoms with E-state index in [-0.39, 0.29) is 29.9 Å². The first-order valence-electron chi connectivity index (χ1n) is 9.64. The van der Waals surface area contributed by atoms with E-state index in [1.807, 2.05) is 6.07 Å². The Morgan fingerprint density at radius 1 is 1.29 bits per heavy atom. The molecule has 1 atom stereocenters. The molecular formula is C20H20F3N5O3. The number of ether oxygens (including phenoxy) is 1. The quantitative estimate of drug-likeness (QED) is 0.675. The topological polar surface area (TPSA) is 109 Å². The molecule has 11 heteroatoms.